The zero-order chi connectivity index (χ0) is 15.5. The van der Waals surface area contributed by atoms with E-state index in [2.05, 4.69) is 9.88 Å². The van der Waals surface area contributed by atoms with Crippen LogP contribution in [-0.4, -0.2) is 18.7 Å². The predicted octanol–water partition coefficient (Wildman–Crippen LogP) is 3.12. The molecule has 0 aliphatic heterocycles. The Morgan fingerprint density at radius 2 is 1.86 bits per heavy atom. The van der Waals surface area contributed by atoms with Gasteiger partial charge in [0, 0.05) is 24.1 Å². The Labute approximate surface area is 122 Å². The van der Waals surface area contributed by atoms with Gasteiger partial charge >= 0.3 is 5.76 Å². The molecule has 1 N–H and O–H groups in total. The van der Waals surface area contributed by atoms with Gasteiger partial charge in [0.2, 0.25) is 9.84 Å². The highest BCUT2D eigenvalue weighted by molar-refractivity contribution is 7.91. The molecule has 0 saturated heterocycles. The van der Waals surface area contributed by atoms with E-state index in [0.29, 0.717) is 12.2 Å². The van der Waals surface area contributed by atoms with Crippen LogP contribution in [0.5, 0.6) is 0 Å². The topological polar surface area (TPSA) is 51.1 Å². The van der Waals surface area contributed by atoms with Crippen LogP contribution in [0, 0.1) is 0 Å². The molecule has 1 aromatic carbocycles. The fourth-order valence-corrected chi connectivity index (χ4v) is 2.70. The smallest absolute Gasteiger partial charge is 0.341 e. The van der Waals surface area contributed by atoms with Gasteiger partial charge in [0.25, 0.3) is 0 Å². The Morgan fingerprint density at radius 1 is 1.19 bits per heavy atom. The molecule has 1 aromatic heterocycles. The summed E-state index contributed by atoms with van der Waals surface area (Å²) in [7, 11) is -4.53. The van der Waals surface area contributed by atoms with Crippen molar-refractivity contribution in [1.29, 1.82) is 0 Å². The summed E-state index contributed by atoms with van der Waals surface area (Å²) in [5.41, 5.74) is 1.76. The van der Waals surface area contributed by atoms with Gasteiger partial charge in [0.05, 0.1) is 11.4 Å². The van der Waals surface area contributed by atoms with Crippen LogP contribution in [0.25, 0.3) is 0 Å². The Hall–Kier alpha value is -1.89. The number of aromatic nitrogens is 1. The summed E-state index contributed by atoms with van der Waals surface area (Å²) < 4.78 is 49.5. The van der Waals surface area contributed by atoms with Crippen molar-refractivity contribution in [3.05, 3.63) is 48.3 Å². The van der Waals surface area contributed by atoms with Crippen molar-refractivity contribution in [1.82, 2.24) is 4.57 Å². The number of nitrogens with one attached hydrogen (secondary N) is 1. The maximum atomic E-state index is 12.4. The number of hydrogen-bond donors (Lipinski definition) is 1. The van der Waals surface area contributed by atoms with Crippen molar-refractivity contribution in [2.45, 2.75) is 30.7 Å². The van der Waals surface area contributed by atoms with Gasteiger partial charge < -0.3 is 9.88 Å². The van der Waals surface area contributed by atoms with Gasteiger partial charge in [-0.1, -0.05) is 0 Å². The molecule has 0 unspecified atom stereocenters. The minimum atomic E-state index is -4.53. The van der Waals surface area contributed by atoms with E-state index in [0.717, 1.165) is 12.2 Å². The van der Waals surface area contributed by atoms with Crippen LogP contribution in [0.3, 0.4) is 0 Å². The standard InChI is InChI=1S/C14H16F2N2O2S/c1-2-18-9-3-4-12(18)10-17-11-5-7-13(8-6-11)21(19,20)14(15)16/h3-9,14,17H,2,10H2,1H3. The van der Waals surface area contributed by atoms with Gasteiger partial charge in [-0.2, -0.15) is 8.78 Å². The molecule has 4 nitrogen and oxygen atoms in total. The summed E-state index contributed by atoms with van der Waals surface area (Å²) in [6.07, 6.45) is 1.97. The third kappa shape index (κ3) is 3.41. The van der Waals surface area contributed by atoms with Crippen LogP contribution in [0.15, 0.2) is 47.5 Å². The highest BCUT2D eigenvalue weighted by atomic mass is 32.2. The molecule has 0 fully saturated rings. The second-order valence-corrected chi connectivity index (χ2v) is 6.39. The first-order chi connectivity index (χ1) is 9.95. The van der Waals surface area contributed by atoms with Gasteiger partial charge in [0.15, 0.2) is 0 Å². The first-order valence-electron chi connectivity index (χ1n) is 6.45. The van der Waals surface area contributed by atoms with Gasteiger partial charge in [-0.15, -0.1) is 0 Å². The number of hydrogen-bond acceptors (Lipinski definition) is 3. The molecule has 0 atom stereocenters. The summed E-state index contributed by atoms with van der Waals surface area (Å²) in [6, 6.07) is 9.25. The number of alkyl halides is 2. The van der Waals surface area contributed by atoms with Crippen LogP contribution in [0.2, 0.25) is 0 Å². The van der Waals surface area contributed by atoms with Crippen LogP contribution in [0.1, 0.15) is 12.6 Å². The molecule has 2 aromatic rings. The minimum Gasteiger partial charge on any atom is -0.379 e. The van der Waals surface area contributed by atoms with Crippen molar-refractivity contribution in [2.24, 2.45) is 0 Å². The van der Waals surface area contributed by atoms with Gasteiger partial charge in [-0.3, -0.25) is 0 Å². The van der Waals surface area contributed by atoms with E-state index in [1.165, 1.54) is 24.3 Å². The fraction of sp³-hybridized carbons (Fsp3) is 0.286. The van der Waals surface area contributed by atoms with Gasteiger partial charge in [0.1, 0.15) is 0 Å². The van der Waals surface area contributed by atoms with E-state index < -0.39 is 15.6 Å². The maximum absolute atomic E-state index is 12.4. The Bertz CT molecular complexity index is 694. The van der Waals surface area contributed by atoms with Gasteiger partial charge in [-0.25, -0.2) is 8.42 Å². The average Bonchev–Trinajstić information content (AvgIpc) is 2.92. The molecule has 0 saturated carbocycles. The number of sulfone groups is 1. The Balaban J connectivity index is 2.07. The monoisotopic (exact) mass is 314 g/mol. The number of aryl methyl sites for hydroxylation is 1. The third-order valence-electron chi connectivity index (χ3n) is 3.16. The van der Waals surface area contributed by atoms with Crippen molar-refractivity contribution in [3.8, 4) is 0 Å². The Morgan fingerprint density at radius 3 is 2.43 bits per heavy atom. The van der Waals surface area contributed by atoms with Crippen molar-refractivity contribution in [2.75, 3.05) is 5.32 Å². The van der Waals surface area contributed by atoms with Crippen LogP contribution in [0.4, 0.5) is 14.5 Å². The first-order valence-corrected chi connectivity index (χ1v) is 7.99. The number of rotatable bonds is 6. The van der Waals surface area contributed by atoms with Crippen LogP contribution in [-0.2, 0) is 22.9 Å². The number of nitrogens with zero attached hydrogens (tertiary/aromatic N) is 1. The molecule has 114 valence electrons. The molecule has 7 heteroatoms. The van der Waals surface area contributed by atoms with E-state index in [9.17, 15) is 17.2 Å². The molecule has 0 aliphatic carbocycles. The fourth-order valence-electron chi connectivity index (χ4n) is 1.98. The lowest BCUT2D eigenvalue weighted by Gasteiger charge is -2.10. The average molecular weight is 314 g/mol. The second-order valence-electron chi connectivity index (χ2n) is 4.47. The van der Waals surface area contributed by atoms with E-state index in [1.807, 2.05) is 25.3 Å². The SMILES string of the molecule is CCn1cccc1CNc1ccc(S(=O)(=O)C(F)F)cc1. The molecule has 1 heterocycles. The molecule has 0 aliphatic rings. The highest BCUT2D eigenvalue weighted by Gasteiger charge is 2.26. The zero-order valence-corrected chi connectivity index (χ0v) is 12.3. The lowest BCUT2D eigenvalue weighted by atomic mass is 10.3. The lowest BCUT2D eigenvalue weighted by molar-refractivity contribution is 0.234. The van der Waals surface area contributed by atoms with Crippen molar-refractivity contribution in [3.63, 3.8) is 0 Å². The van der Waals surface area contributed by atoms with Crippen molar-refractivity contribution >= 4 is 15.5 Å². The van der Waals surface area contributed by atoms with E-state index in [1.54, 1.807) is 0 Å². The molecule has 0 radical (unpaired) electrons. The molecule has 0 spiro atoms. The summed E-state index contributed by atoms with van der Waals surface area (Å²) >= 11 is 0. The van der Waals surface area contributed by atoms with Gasteiger partial charge in [-0.05, 0) is 43.3 Å². The zero-order valence-electron chi connectivity index (χ0n) is 11.5. The summed E-state index contributed by atoms with van der Waals surface area (Å²) in [6.45, 7) is 3.46. The molecule has 21 heavy (non-hydrogen) atoms. The van der Waals surface area contributed by atoms with Crippen LogP contribution >= 0.6 is 0 Å². The minimum absolute atomic E-state index is 0.375. The normalized spacial score (nSPS) is 11.8. The second kappa shape index (κ2) is 6.26. The summed E-state index contributed by atoms with van der Waals surface area (Å²) in [5, 5.41) is 3.13. The molecular weight excluding hydrogens is 298 g/mol. The highest BCUT2D eigenvalue weighted by Crippen LogP contribution is 2.20. The number of benzene rings is 1. The molecule has 2 rings (SSSR count). The predicted molar refractivity (Wildman–Crippen MR) is 77.1 cm³/mol. The van der Waals surface area contributed by atoms with E-state index in [4.69, 9.17) is 0 Å². The third-order valence-corrected chi connectivity index (χ3v) is 4.55. The summed E-state index contributed by atoms with van der Waals surface area (Å²) in [4.78, 5) is -0.375. The quantitative estimate of drug-likeness (QED) is 0.891. The molecule has 0 amide bonds. The first kappa shape index (κ1) is 15.5. The van der Waals surface area contributed by atoms with Crippen molar-refractivity contribution < 1.29 is 17.2 Å². The lowest BCUT2D eigenvalue weighted by Crippen LogP contribution is -2.11. The number of halogens is 2. The number of anilines is 1. The Kier molecular flexibility index (Phi) is 4.62. The summed E-state index contributed by atoms with van der Waals surface area (Å²) in [5.74, 6) is -3.40. The van der Waals surface area contributed by atoms with E-state index >= 15 is 0 Å². The van der Waals surface area contributed by atoms with Crippen LogP contribution < -0.4 is 5.32 Å². The largest absolute Gasteiger partial charge is 0.379 e. The van der Waals surface area contributed by atoms with E-state index in [-0.39, 0.29) is 4.90 Å². The maximum Gasteiger partial charge on any atom is 0.341 e. The molecular formula is C14H16F2N2O2S. The molecule has 0 bridgehead atoms.